The van der Waals surface area contributed by atoms with E-state index >= 15 is 0 Å². The molecule has 0 spiro atoms. The van der Waals surface area contributed by atoms with Crippen LogP contribution in [-0.4, -0.2) is 76.3 Å². The number of nitrogens with zero attached hydrogens (tertiary/aromatic N) is 3. The molecule has 12 heteroatoms. The average Bonchev–Trinajstić information content (AvgIpc) is 3.03. The molecule has 1 atom stereocenters. The van der Waals surface area contributed by atoms with Gasteiger partial charge in [0.1, 0.15) is 11.5 Å². The van der Waals surface area contributed by atoms with Gasteiger partial charge in [-0.3, -0.25) is 9.69 Å². The molecule has 12 nitrogen and oxygen atoms in total. The number of carbonyl (C=O) groups is 4. The summed E-state index contributed by atoms with van der Waals surface area (Å²) in [6, 6.07) is 14.7. The average molecular weight is 561 g/mol. The molecule has 2 heterocycles. The molecule has 0 radical (unpaired) electrons. The zero-order chi connectivity index (χ0) is 29.7. The number of benzene rings is 2. The molecule has 2 aliphatic rings. The summed E-state index contributed by atoms with van der Waals surface area (Å²) in [5, 5.41) is 10.3. The quantitative estimate of drug-likeness (QED) is 0.405. The van der Waals surface area contributed by atoms with Crippen molar-refractivity contribution in [3.8, 4) is 6.07 Å². The fraction of sp³-hybridized carbons (Fsp3) is 0.276. The molecule has 4 rings (SSSR count). The highest BCUT2D eigenvalue weighted by Crippen LogP contribution is 2.44. The van der Waals surface area contributed by atoms with Crippen LogP contribution < -0.4 is 10.6 Å². The largest absolute Gasteiger partial charge is 0.466 e. The number of hydrogen-bond acceptors (Lipinski definition) is 11. The van der Waals surface area contributed by atoms with Gasteiger partial charge in [-0.15, -0.1) is 0 Å². The molecule has 0 bridgehead atoms. The zero-order valence-electron chi connectivity index (χ0n) is 22.7. The van der Waals surface area contributed by atoms with Crippen LogP contribution in [0.15, 0.2) is 71.2 Å². The number of hydrogen-bond donors (Lipinski definition) is 1. The fourth-order valence-corrected chi connectivity index (χ4v) is 4.84. The smallest absolute Gasteiger partial charge is 0.355 e. The Morgan fingerprint density at radius 1 is 0.927 bits per heavy atom. The van der Waals surface area contributed by atoms with Gasteiger partial charge in [-0.2, -0.15) is 5.26 Å². The Labute approximate surface area is 236 Å². The predicted octanol–water partition coefficient (Wildman–Crippen LogP) is 1.84. The van der Waals surface area contributed by atoms with E-state index in [1.54, 1.807) is 35.2 Å². The van der Waals surface area contributed by atoms with Crippen molar-refractivity contribution in [2.24, 2.45) is 5.73 Å². The lowest BCUT2D eigenvalue weighted by Crippen LogP contribution is -2.42. The first kappa shape index (κ1) is 28.8. The molecule has 2 aliphatic heterocycles. The summed E-state index contributed by atoms with van der Waals surface area (Å²) in [4.78, 5) is 55.7. The first-order valence-corrected chi connectivity index (χ1v) is 12.5. The maximum absolute atomic E-state index is 13.4. The number of nitrogens with two attached hydrogens (primary N) is 1. The molecule has 0 aromatic heterocycles. The SMILES string of the molecule is COC(=O)C1=C(C(=O)OC)N(c2cc(C(=O)N3CCOCC3)ccc2C(=O)OC)C(N)=C(C#N)C1c1ccccc1. The van der Waals surface area contributed by atoms with E-state index in [1.807, 2.05) is 0 Å². The number of morpholine rings is 1. The third kappa shape index (κ3) is 5.35. The number of carbonyl (C=O) groups excluding carboxylic acids is 4. The van der Waals surface area contributed by atoms with Gasteiger partial charge in [0.25, 0.3) is 5.91 Å². The first-order valence-electron chi connectivity index (χ1n) is 12.5. The lowest BCUT2D eigenvalue weighted by atomic mass is 9.80. The van der Waals surface area contributed by atoms with Crippen molar-refractivity contribution < 1.29 is 38.1 Å². The van der Waals surface area contributed by atoms with E-state index in [2.05, 4.69) is 6.07 Å². The number of rotatable bonds is 6. The van der Waals surface area contributed by atoms with Gasteiger partial charge >= 0.3 is 17.9 Å². The highest BCUT2D eigenvalue weighted by Gasteiger charge is 2.44. The molecular formula is C29H28N4O8. The Bertz CT molecular complexity index is 1490. The second-order valence-corrected chi connectivity index (χ2v) is 8.96. The van der Waals surface area contributed by atoms with Crippen LogP contribution in [0.1, 0.15) is 32.2 Å². The van der Waals surface area contributed by atoms with Crippen LogP contribution in [0, 0.1) is 11.3 Å². The van der Waals surface area contributed by atoms with Gasteiger partial charge in [0.2, 0.25) is 0 Å². The fourth-order valence-electron chi connectivity index (χ4n) is 4.84. The summed E-state index contributed by atoms with van der Waals surface area (Å²) < 4.78 is 20.4. The van der Waals surface area contributed by atoms with E-state index in [9.17, 15) is 24.4 Å². The number of ether oxygens (including phenoxy) is 4. The minimum Gasteiger partial charge on any atom is -0.466 e. The van der Waals surface area contributed by atoms with E-state index in [1.165, 1.54) is 18.2 Å². The van der Waals surface area contributed by atoms with E-state index in [0.29, 0.717) is 31.9 Å². The van der Waals surface area contributed by atoms with Crippen molar-refractivity contribution in [1.82, 2.24) is 4.90 Å². The minimum absolute atomic E-state index is 0.0745. The molecule has 1 saturated heterocycles. The number of nitriles is 1. The zero-order valence-corrected chi connectivity index (χ0v) is 22.7. The van der Waals surface area contributed by atoms with Gasteiger partial charge in [0.05, 0.1) is 68.9 Å². The predicted molar refractivity (Wildman–Crippen MR) is 144 cm³/mol. The summed E-state index contributed by atoms with van der Waals surface area (Å²) in [7, 11) is 3.41. The normalized spacial score (nSPS) is 17.1. The van der Waals surface area contributed by atoms with E-state index in [4.69, 9.17) is 24.7 Å². The Hall–Kier alpha value is -5.15. The maximum Gasteiger partial charge on any atom is 0.355 e. The van der Waals surface area contributed by atoms with Crippen molar-refractivity contribution in [1.29, 1.82) is 5.26 Å². The Balaban J connectivity index is 2.05. The molecule has 2 N–H and O–H groups in total. The molecule has 1 amide bonds. The summed E-state index contributed by atoms with van der Waals surface area (Å²) in [5.41, 5.74) is 6.35. The number of methoxy groups -OCH3 is 3. The highest BCUT2D eigenvalue weighted by molar-refractivity contribution is 6.09. The van der Waals surface area contributed by atoms with Crippen LogP contribution in [0.5, 0.6) is 0 Å². The molecule has 2 aromatic carbocycles. The number of amides is 1. The molecule has 212 valence electrons. The van der Waals surface area contributed by atoms with E-state index in [0.717, 1.165) is 26.2 Å². The standard InChI is InChI=1S/C29H28N4O8/c1-38-27(35)19-10-9-18(26(34)32-11-13-41-14-12-32)15-21(19)33-24(29(37)40-3)23(28(36)39-2)22(20(16-30)25(33)31)17-7-5-4-6-8-17/h4-10,15,22H,11-14,31H2,1-3H3. The van der Waals surface area contributed by atoms with Crippen molar-refractivity contribution in [3.05, 3.63) is 87.9 Å². The lowest BCUT2D eigenvalue weighted by molar-refractivity contribution is -0.139. The molecule has 2 aromatic rings. The van der Waals surface area contributed by atoms with Gasteiger partial charge in [-0.05, 0) is 23.8 Å². The monoisotopic (exact) mass is 560 g/mol. The van der Waals surface area contributed by atoms with Crippen LogP contribution in [0.3, 0.4) is 0 Å². The van der Waals surface area contributed by atoms with Crippen LogP contribution >= 0.6 is 0 Å². The third-order valence-corrected chi connectivity index (χ3v) is 6.80. The van der Waals surface area contributed by atoms with Crippen molar-refractivity contribution in [3.63, 3.8) is 0 Å². The first-order chi connectivity index (χ1) is 19.8. The second kappa shape index (κ2) is 12.4. The van der Waals surface area contributed by atoms with E-state index < -0.39 is 23.8 Å². The van der Waals surface area contributed by atoms with Crippen LogP contribution in [0.2, 0.25) is 0 Å². The Kier molecular flexibility index (Phi) is 8.69. The Morgan fingerprint density at radius 2 is 1.56 bits per heavy atom. The second-order valence-electron chi connectivity index (χ2n) is 8.96. The van der Waals surface area contributed by atoms with Gasteiger partial charge in [-0.25, -0.2) is 14.4 Å². The van der Waals surface area contributed by atoms with Crippen molar-refractivity contribution in [2.75, 3.05) is 52.5 Å². The summed E-state index contributed by atoms with van der Waals surface area (Å²) >= 11 is 0. The summed E-state index contributed by atoms with van der Waals surface area (Å²) in [6.45, 7) is 1.45. The molecular weight excluding hydrogens is 532 g/mol. The summed E-state index contributed by atoms with van der Waals surface area (Å²) in [6.07, 6.45) is 0. The van der Waals surface area contributed by atoms with Gasteiger partial charge < -0.3 is 29.6 Å². The summed E-state index contributed by atoms with van der Waals surface area (Å²) in [5.74, 6) is -4.44. The minimum atomic E-state index is -1.10. The Morgan fingerprint density at radius 3 is 2.15 bits per heavy atom. The highest BCUT2D eigenvalue weighted by atomic mass is 16.5. The van der Waals surface area contributed by atoms with Crippen LogP contribution in [-0.2, 0) is 28.5 Å². The molecule has 1 unspecified atom stereocenters. The maximum atomic E-state index is 13.4. The number of esters is 3. The van der Waals surface area contributed by atoms with Crippen molar-refractivity contribution in [2.45, 2.75) is 5.92 Å². The van der Waals surface area contributed by atoms with Gasteiger partial charge in [0.15, 0.2) is 0 Å². The molecule has 0 aliphatic carbocycles. The van der Waals surface area contributed by atoms with Crippen LogP contribution in [0.4, 0.5) is 5.69 Å². The molecule has 41 heavy (non-hydrogen) atoms. The number of anilines is 1. The molecule has 1 fully saturated rings. The number of allylic oxidation sites excluding steroid dienone is 1. The van der Waals surface area contributed by atoms with Gasteiger partial charge in [0, 0.05) is 18.7 Å². The molecule has 0 saturated carbocycles. The van der Waals surface area contributed by atoms with Gasteiger partial charge in [-0.1, -0.05) is 30.3 Å². The lowest BCUT2D eigenvalue weighted by Gasteiger charge is -2.36. The topological polar surface area (TPSA) is 161 Å². The third-order valence-electron chi connectivity index (χ3n) is 6.80. The van der Waals surface area contributed by atoms with Crippen molar-refractivity contribution >= 4 is 29.5 Å². The van der Waals surface area contributed by atoms with E-state index in [-0.39, 0.29) is 45.4 Å². The van der Waals surface area contributed by atoms with Crippen LogP contribution in [0.25, 0.3) is 0 Å².